The third-order valence-corrected chi connectivity index (χ3v) is 6.97. The van der Waals surface area contributed by atoms with Gasteiger partial charge in [-0.05, 0) is 43.2 Å². The fourth-order valence-electron chi connectivity index (χ4n) is 4.59. The highest BCUT2D eigenvalue weighted by Gasteiger charge is 2.31. The monoisotopic (exact) mass is 552 g/mol. The molecule has 0 saturated carbocycles. The molecule has 2 heterocycles. The van der Waals surface area contributed by atoms with Gasteiger partial charge < -0.3 is 19.1 Å². The third-order valence-electron chi connectivity index (χ3n) is 6.97. The quantitative estimate of drug-likeness (QED) is 0.227. The first-order valence-electron chi connectivity index (χ1n) is 13.6. The van der Waals surface area contributed by atoms with Crippen LogP contribution in [-0.4, -0.2) is 65.1 Å². The van der Waals surface area contributed by atoms with Gasteiger partial charge in [-0.25, -0.2) is 0 Å². The number of hydrogen-bond acceptors (Lipinski definition) is 6. The molecule has 8 heteroatoms. The summed E-state index contributed by atoms with van der Waals surface area (Å²) in [6, 6.07) is 22.7. The average molecular weight is 553 g/mol. The normalized spacial score (nSPS) is 11.9. The summed E-state index contributed by atoms with van der Waals surface area (Å²) in [6.45, 7) is 4.69. The van der Waals surface area contributed by atoms with Crippen molar-refractivity contribution in [3.63, 3.8) is 0 Å². The molecule has 8 nitrogen and oxygen atoms in total. The number of nitrogens with zero attached hydrogens (tertiary/aromatic N) is 4. The fraction of sp³-hybridized carbons (Fsp3) is 0.273. The number of aryl methyl sites for hydroxylation is 2. The van der Waals surface area contributed by atoms with Crippen molar-refractivity contribution in [3.05, 3.63) is 113 Å². The predicted molar refractivity (Wildman–Crippen MR) is 159 cm³/mol. The van der Waals surface area contributed by atoms with Crippen LogP contribution >= 0.6 is 0 Å². The highest BCUT2D eigenvalue weighted by molar-refractivity contribution is 5.96. The molecule has 0 spiro atoms. The lowest BCUT2D eigenvalue weighted by Gasteiger charge is -2.33. The molecule has 1 atom stereocenters. The minimum atomic E-state index is -0.739. The second-order valence-electron chi connectivity index (χ2n) is 9.91. The fourth-order valence-corrected chi connectivity index (χ4v) is 4.59. The van der Waals surface area contributed by atoms with Crippen LogP contribution in [0, 0.1) is 13.8 Å². The minimum absolute atomic E-state index is 0.157. The number of carbonyl (C=O) groups excluding carboxylic acids is 2. The number of aromatic nitrogens is 2. The van der Waals surface area contributed by atoms with Gasteiger partial charge in [0.2, 0.25) is 11.8 Å². The molecular weight excluding hydrogens is 516 g/mol. The van der Waals surface area contributed by atoms with E-state index in [1.165, 1.54) is 6.08 Å². The summed E-state index contributed by atoms with van der Waals surface area (Å²) in [5.74, 6) is 0.183. The zero-order valence-electron chi connectivity index (χ0n) is 24.0. The number of carbonyl (C=O) groups is 2. The van der Waals surface area contributed by atoms with E-state index in [0.717, 1.165) is 27.9 Å². The molecule has 41 heavy (non-hydrogen) atoms. The molecule has 0 fully saturated rings. The van der Waals surface area contributed by atoms with Gasteiger partial charge in [-0.15, -0.1) is 0 Å². The molecule has 0 aliphatic carbocycles. The molecule has 2 aromatic heterocycles. The smallest absolute Gasteiger partial charge is 0.247 e. The summed E-state index contributed by atoms with van der Waals surface area (Å²) in [7, 11) is 3.34. The van der Waals surface area contributed by atoms with Crippen LogP contribution in [0.1, 0.15) is 28.1 Å². The van der Waals surface area contributed by atoms with Crippen LogP contribution in [0.25, 0.3) is 17.3 Å². The summed E-state index contributed by atoms with van der Waals surface area (Å²) in [6.07, 6.45) is 5.33. The Bertz CT molecular complexity index is 1430. The van der Waals surface area contributed by atoms with E-state index < -0.39 is 6.04 Å². The maximum absolute atomic E-state index is 13.9. The van der Waals surface area contributed by atoms with E-state index in [0.29, 0.717) is 31.0 Å². The lowest BCUT2D eigenvalue weighted by atomic mass is 10.0. The summed E-state index contributed by atoms with van der Waals surface area (Å²) in [5, 5.41) is 3.98. The van der Waals surface area contributed by atoms with Gasteiger partial charge >= 0.3 is 0 Å². The van der Waals surface area contributed by atoms with Gasteiger partial charge in [0.05, 0.1) is 18.0 Å². The molecule has 4 aromatic rings. The van der Waals surface area contributed by atoms with Gasteiger partial charge in [-0.3, -0.25) is 14.6 Å². The molecule has 0 aliphatic rings. The Hall–Kier alpha value is -4.56. The SMILES string of the molecule is COCCN(C)C(=O)C(Cc1ccccc1)N(Cc1ccc(-c2ccccn2)cc1)C(=O)C=Cc1c(C)noc1C. The van der Waals surface area contributed by atoms with Crippen molar-refractivity contribution in [2.24, 2.45) is 0 Å². The first kappa shape index (κ1) is 29.4. The number of methoxy groups -OCH3 is 1. The highest BCUT2D eigenvalue weighted by Crippen LogP contribution is 2.21. The summed E-state index contributed by atoms with van der Waals surface area (Å²) < 4.78 is 10.5. The van der Waals surface area contributed by atoms with Crippen molar-refractivity contribution < 1.29 is 18.8 Å². The molecule has 1 unspecified atom stereocenters. The first-order chi connectivity index (χ1) is 19.9. The van der Waals surface area contributed by atoms with E-state index in [1.54, 1.807) is 43.2 Å². The molecular formula is C33H36N4O4. The van der Waals surface area contributed by atoms with E-state index in [1.807, 2.05) is 79.7 Å². The van der Waals surface area contributed by atoms with Gasteiger partial charge in [0.1, 0.15) is 11.8 Å². The molecule has 2 aromatic carbocycles. The number of likely N-dealkylation sites (N-methyl/N-ethyl adjacent to an activating group) is 1. The van der Waals surface area contributed by atoms with Crippen molar-refractivity contribution in [2.45, 2.75) is 32.9 Å². The van der Waals surface area contributed by atoms with E-state index in [4.69, 9.17) is 9.26 Å². The summed E-state index contributed by atoms with van der Waals surface area (Å²) >= 11 is 0. The molecule has 0 saturated heterocycles. The van der Waals surface area contributed by atoms with E-state index in [2.05, 4.69) is 10.1 Å². The Labute approximate surface area is 241 Å². The van der Waals surface area contributed by atoms with Crippen molar-refractivity contribution in [3.8, 4) is 11.3 Å². The van der Waals surface area contributed by atoms with Crippen molar-refractivity contribution >= 4 is 17.9 Å². The molecule has 2 amide bonds. The van der Waals surface area contributed by atoms with Crippen LogP contribution in [0.3, 0.4) is 0 Å². The zero-order chi connectivity index (χ0) is 29.2. The number of pyridine rings is 1. The van der Waals surface area contributed by atoms with E-state index in [-0.39, 0.29) is 18.4 Å². The molecule has 212 valence electrons. The zero-order valence-corrected chi connectivity index (χ0v) is 24.0. The number of amides is 2. The number of rotatable bonds is 12. The lowest BCUT2D eigenvalue weighted by Crippen LogP contribution is -2.51. The first-order valence-corrected chi connectivity index (χ1v) is 13.6. The molecule has 0 radical (unpaired) electrons. The molecule has 0 bridgehead atoms. The number of hydrogen-bond donors (Lipinski definition) is 0. The number of benzene rings is 2. The van der Waals surface area contributed by atoms with Crippen LogP contribution in [0.5, 0.6) is 0 Å². The Morgan fingerprint density at radius 3 is 2.34 bits per heavy atom. The average Bonchev–Trinajstić information content (AvgIpc) is 3.33. The van der Waals surface area contributed by atoms with Gasteiger partial charge in [0.15, 0.2) is 0 Å². The van der Waals surface area contributed by atoms with Crippen LogP contribution in [-0.2, 0) is 27.3 Å². The molecule has 0 aliphatic heterocycles. The minimum Gasteiger partial charge on any atom is -0.383 e. The van der Waals surface area contributed by atoms with Crippen LogP contribution in [0.15, 0.2) is 89.6 Å². The van der Waals surface area contributed by atoms with E-state index in [9.17, 15) is 9.59 Å². The second-order valence-corrected chi connectivity index (χ2v) is 9.91. The largest absolute Gasteiger partial charge is 0.383 e. The maximum atomic E-state index is 13.9. The summed E-state index contributed by atoms with van der Waals surface area (Å²) in [4.78, 5) is 35.5. The van der Waals surface area contributed by atoms with Crippen molar-refractivity contribution in [1.82, 2.24) is 19.9 Å². The highest BCUT2D eigenvalue weighted by atomic mass is 16.5. The molecule has 0 N–H and O–H groups in total. The summed E-state index contributed by atoms with van der Waals surface area (Å²) in [5.41, 5.74) is 5.15. The Morgan fingerprint density at radius 1 is 0.976 bits per heavy atom. The Kier molecular flexibility index (Phi) is 10.2. The maximum Gasteiger partial charge on any atom is 0.247 e. The second kappa shape index (κ2) is 14.2. The predicted octanol–water partition coefficient (Wildman–Crippen LogP) is 5.11. The topological polar surface area (TPSA) is 88.8 Å². The molecule has 4 rings (SSSR count). The standard InChI is InChI=1S/C33H36N4O4/c1-24-29(25(2)41-35-24)17-18-32(38)37(23-27-13-15-28(16-14-27)30-12-8-9-19-34-30)31(22-26-10-6-5-7-11-26)33(39)36(3)20-21-40-4/h5-19,31H,20-23H2,1-4H3. The van der Waals surface area contributed by atoms with Crippen LogP contribution < -0.4 is 0 Å². The Balaban J connectivity index is 1.69. The van der Waals surface area contributed by atoms with E-state index >= 15 is 0 Å². The van der Waals surface area contributed by atoms with Crippen molar-refractivity contribution in [2.75, 3.05) is 27.3 Å². The van der Waals surface area contributed by atoms with Crippen LogP contribution in [0.4, 0.5) is 0 Å². The van der Waals surface area contributed by atoms with Gasteiger partial charge in [0.25, 0.3) is 0 Å². The van der Waals surface area contributed by atoms with Crippen LogP contribution in [0.2, 0.25) is 0 Å². The third kappa shape index (κ3) is 7.77. The van der Waals surface area contributed by atoms with Gasteiger partial charge in [0, 0.05) is 57.1 Å². The Morgan fingerprint density at radius 2 is 1.71 bits per heavy atom. The van der Waals surface area contributed by atoms with Gasteiger partial charge in [-0.1, -0.05) is 65.8 Å². The van der Waals surface area contributed by atoms with Gasteiger partial charge in [-0.2, -0.15) is 0 Å². The number of ether oxygens (including phenoxy) is 1. The van der Waals surface area contributed by atoms with Crippen molar-refractivity contribution in [1.29, 1.82) is 0 Å². The lowest BCUT2D eigenvalue weighted by molar-refractivity contribution is -0.143.